The highest BCUT2D eigenvalue weighted by Gasteiger charge is 2.33. The molecule has 5 rings (SSSR count). The molecule has 1 aromatic heterocycles. The van der Waals surface area contributed by atoms with Crippen LogP contribution in [-0.4, -0.2) is 37.3 Å². The third-order valence-electron chi connectivity index (χ3n) is 6.98. The molecule has 3 aliphatic rings. The van der Waals surface area contributed by atoms with Crippen LogP contribution < -0.4 is 20.1 Å². The van der Waals surface area contributed by atoms with Crippen LogP contribution in [0.1, 0.15) is 63.6 Å². The minimum atomic E-state index is 0.0315. The van der Waals surface area contributed by atoms with Crippen LogP contribution in [0, 0.1) is 5.92 Å². The maximum atomic E-state index is 6.20. The topological polar surface area (TPSA) is 55.4 Å². The summed E-state index contributed by atoms with van der Waals surface area (Å²) in [5, 5.41) is 8.34. The second kappa shape index (κ2) is 8.34. The van der Waals surface area contributed by atoms with Gasteiger partial charge < -0.3 is 20.1 Å². The fourth-order valence-corrected chi connectivity index (χ4v) is 5.39. The number of nitrogens with zero attached hydrogens (tertiary/aromatic N) is 1. The molecule has 0 bridgehead atoms. The second-order valence-corrected chi connectivity index (χ2v) is 9.99. The Morgan fingerprint density at radius 1 is 1.23 bits per heavy atom. The molecule has 2 aliphatic heterocycles. The molecule has 0 spiro atoms. The summed E-state index contributed by atoms with van der Waals surface area (Å²) in [4.78, 5) is 5.17. The molecule has 1 atom stereocenters. The molecule has 2 N–H and O–H groups in total. The summed E-state index contributed by atoms with van der Waals surface area (Å²) in [6.45, 7) is 7.55. The van der Waals surface area contributed by atoms with Gasteiger partial charge >= 0.3 is 0 Å². The number of anilines is 1. The highest BCUT2D eigenvalue weighted by molar-refractivity contribution is 5.99. The van der Waals surface area contributed by atoms with E-state index in [1.54, 1.807) is 7.11 Å². The van der Waals surface area contributed by atoms with Gasteiger partial charge in [-0.25, -0.2) is 4.98 Å². The Morgan fingerprint density at radius 2 is 2.13 bits per heavy atom. The summed E-state index contributed by atoms with van der Waals surface area (Å²) in [5.41, 5.74) is 6.18. The normalized spacial score (nSPS) is 21.8. The predicted molar refractivity (Wildman–Crippen MR) is 127 cm³/mol. The summed E-state index contributed by atoms with van der Waals surface area (Å²) in [5.74, 6) is 2.39. The molecule has 2 aromatic rings. The van der Waals surface area contributed by atoms with Crippen molar-refractivity contribution in [1.29, 1.82) is 0 Å². The second-order valence-electron chi connectivity index (χ2n) is 9.99. The van der Waals surface area contributed by atoms with Gasteiger partial charge in [-0.3, -0.25) is 0 Å². The van der Waals surface area contributed by atoms with Crippen molar-refractivity contribution in [1.82, 2.24) is 10.3 Å². The minimum absolute atomic E-state index is 0.0315. The molecule has 1 fully saturated rings. The first-order valence-electron chi connectivity index (χ1n) is 11.9. The van der Waals surface area contributed by atoms with Gasteiger partial charge in [-0.15, -0.1) is 0 Å². The lowest BCUT2D eigenvalue weighted by Gasteiger charge is -2.19. The van der Waals surface area contributed by atoms with Gasteiger partial charge in [-0.2, -0.15) is 0 Å². The van der Waals surface area contributed by atoms with Crippen LogP contribution in [0.15, 0.2) is 18.2 Å². The number of allylic oxidation sites excluding steroid dienone is 2. The monoisotopic (exact) mass is 421 g/mol. The highest BCUT2D eigenvalue weighted by atomic mass is 16.5. The van der Waals surface area contributed by atoms with E-state index in [2.05, 4.69) is 42.7 Å². The highest BCUT2D eigenvalue weighted by Crippen LogP contribution is 2.45. The molecule has 1 saturated heterocycles. The number of benzene rings is 1. The van der Waals surface area contributed by atoms with Crippen LogP contribution in [0.5, 0.6) is 11.5 Å². The molecule has 5 nitrogen and oxygen atoms in total. The van der Waals surface area contributed by atoms with Crippen LogP contribution in [0.25, 0.3) is 16.5 Å². The van der Waals surface area contributed by atoms with Crippen LogP contribution in [0.2, 0.25) is 0 Å². The third-order valence-corrected chi connectivity index (χ3v) is 6.98. The van der Waals surface area contributed by atoms with E-state index in [1.165, 1.54) is 41.8 Å². The number of hydrogen-bond acceptors (Lipinski definition) is 5. The standard InChI is InChI=1S/C26H35N3O2/c1-26(2)15-20-24(18-8-4-5-9-18)28-21-14-23(22(30-3)13-19(21)25(20)29-26)31-12-6-7-17-10-11-27-16-17/h8,13-14,17,27,29H,4-7,9-12,15-16H2,1-3H3. The zero-order valence-electron chi connectivity index (χ0n) is 19.1. The van der Waals surface area contributed by atoms with E-state index in [1.807, 2.05) is 0 Å². The van der Waals surface area contributed by atoms with E-state index in [-0.39, 0.29) is 5.54 Å². The van der Waals surface area contributed by atoms with Gasteiger partial charge in [0.2, 0.25) is 0 Å². The Hall–Kier alpha value is -2.27. The van der Waals surface area contributed by atoms with Gasteiger partial charge in [0.25, 0.3) is 0 Å². The molecular formula is C26H35N3O2. The summed E-state index contributed by atoms with van der Waals surface area (Å²) < 4.78 is 11.9. The van der Waals surface area contributed by atoms with Crippen LogP contribution in [-0.2, 0) is 6.42 Å². The Bertz CT molecular complexity index is 1010. The fourth-order valence-electron chi connectivity index (χ4n) is 5.39. The molecule has 1 unspecified atom stereocenters. The number of rotatable bonds is 7. The number of hydrogen-bond donors (Lipinski definition) is 2. The van der Waals surface area contributed by atoms with Crippen molar-refractivity contribution in [2.24, 2.45) is 5.92 Å². The van der Waals surface area contributed by atoms with E-state index in [0.717, 1.165) is 67.1 Å². The number of fused-ring (bicyclic) bond motifs is 3. The number of methoxy groups -OCH3 is 1. The van der Waals surface area contributed by atoms with Gasteiger partial charge in [-0.1, -0.05) is 6.08 Å². The van der Waals surface area contributed by atoms with Crippen molar-refractivity contribution in [3.8, 4) is 11.5 Å². The number of nitrogens with one attached hydrogen (secondary N) is 2. The fraction of sp³-hybridized carbons (Fsp3) is 0.577. The van der Waals surface area contributed by atoms with Gasteiger partial charge in [0.05, 0.1) is 24.9 Å². The third kappa shape index (κ3) is 4.12. The predicted octanol–water partition coefficient (Wildman–Crippen LogP) is 5.33. The van der Waals surface area contributed by atoms with Gasteiger partial charge in [0, 0.05) is 28.2 Å². The van der Waals surface area contributed by atoms with E-state index in [0.29, 0.717) is 6.61 Å². The molecule has 0 amide bonds. The largest absolute Gasteiger partial charge is 0.493 e. The SMILES string of the molecule is COc1cc2c3c(c(C4=CCCC4)nc2cc1OCCCC1CCNC1)CC(C)(C)N3. The molecule has 5 heteroatoms. The molecule has 31 heavy (non-hydrogen) atoms. The van der Waals surface area contributed by atoms with Crippen LogP contribution in [0.4, 0.5) is 5.69 Å². The summed E-state index contributed by atoms with van der Waals surface area (Å²) in [6.07, 6.45) is 10.5. The van der Waals surface area contributed by atoms with Crippen molar-refractivity contribution in [2.45, 2.75) is 64.3 Å². The van der Waals surface area contributed by atoms with E-state index in [9.17, 15) is 0 Å². The lowest BCUT2D eigenvalue weighted by Crippen LogP contribution is -2.27. The van der Waals surface area contributed by atoms with Crippen molar-refractivity contribution in [2.75, 3.05) is 32.1 Å². The molecule has 0 saturated carbocycles. The molecule has 1 aliphatic carbocycles. The maximum Gasteiger partial charge on any atom is 0.163 e. The Morgan fingerprint density at radius 3 is 2.87 bits per heavy atom. The average molecular weight is 422 g/mol. The van der Waals surface area contributed by atoms with Crippen molar-refractivity contribution >= 4 is 22.2 Å². The summed E-state index contributed by atoms with van der Waals surface area (Å²) in [6, 6.07) is 4.19. The Kier molecular flexibility index (Phi) is 5.55. The zero-order valence-corrected chi connectivity index (χ0v) is 19.1. The van der Waals surface area contributed by atoms with Gasteiger partial charge in [0.1, 0.15) is 0 Å². The number of pyridine rings is 1. The summed E-state index contributed by atoms with van der Waals surface area (Å²) >= 11 is 0. The molecule has 3 heterocycles. The van der Waals surface area contributed by atoms with E-state index in [4.69, 9.17) is 14.5 Å². The quantitative estimate of drug-likeness (QED) is 0.592. The smallest absolute Gasteiger partial charge is 0.163 e. The van der Waals surface area contributed by atoms with Crippen LogP contribution >= 0.6 is 0 Å². The maximum absolute atomic E-state index is 6.20. The molecule has 1 aromatic carbocycles. The number of ether oxygens (including phenoxy) is 2. The summed E-state index contributed by atoms with van der Waals surface area (Å²) in [7, 11) is 1.72. The first kappa shape index (κ1) is 20.6. The van der Waals surface area contributed by atoms with Crippen LogP contribution in [0.3, 0.4) is 0 Å². The van der Waals surface area contributed by atoms with Gasteiger partial charge in [-0.05, 0) is 89.4 Å². The lowest BCUT2D eigenvalue weighted by molar-refractivity contribution is 0.278. The van der Waals surface area contributed by atoms with Crippen molar-refractivity contribution in [3.05, 3.63) is 29.5 Å². The molecule has 0 radical (unpaired) electrons. The van der Waals surface area contributed by atoms with Crippen molar-refractivity contribution in [3.63, 3.8) is 0 Å². The first-order valence-corrected chi connectivity index (χ1v) is 11.9. The lowest BCUT2D eigenvalue weighted by atomic mass is 9.95. The molecule has 166 valence electrons. The van der Waals surface area contributed by atoms with Crippen molar-refractivity contribution < 1.29 is 9.47 Å². The first-order chi connectivity index (χ1) is 15.0. The van der Waals surface area contributed by atoms with E-state index >= 15 is 0 Å². The zero-order chi connectivity index (χ0) is 21.4. The Balaban J connectivity index is 1.46. The Labute approximate surface area is 185 Å². The number of aromatic nitrogens is 1. The minimum Gasteiger partial charge on any atom is -0.493 e. The van der Waals surface area contributed by atoms with E-state index < -0.39 is 0 Å². The average Bonchev–Trinajstić information content (AvgIpc) is 3.50. The molecular weight excluding hydrogens is 386 g/mol. The van der Waals surface area contributed by atoms with Gasteiger partial charge in [0.15, 0.2) is 11.5 Å².